The van der Waals surface area contributed by atoms with Crippen molar-refractivity contribution in [2.24, 2.45) is 0 Å². The van der Waals surface area contributed by atoms with Crippen LogP contribution in [0, 0.1) is 0 Å². The minimum absolute atomic E-state index is 0.503. The maximum absolute atomic E-state index is 5.83. The molecule has 0 aliphatic rings. The second-order valence-corrected chi connectivity index (χ2v) is 4.95. The summed E-state index contributed by atoms with van der Waals surface area (Å²) in [5.41, 5.74) is 1.10. The van der Waals surface area contributed by atoms with Gasteiger partial charge in [-0.05, 0) is 24.7 Å². The molecule has 0 amide bonds. The Labute approximate surface area is 117 Å². The van der Waals surface area contributed by atoms with Crippen molar-refractivity contribution in [1.29, 1.82) is 0 Å². The number of ether oxygens (including phenoxy) is 2. The van der Waals surface area contributed by atoms with E-state index in [0.717, 1.165) is 35.2 Å². The summed E-state index contributed by atoms with van der Waals surface area (Å²) in [4.78, 5) is 4.21. The largest absolute Gasteiger partial charge is 0.497 e. The SMILES string of the molecule is CCNCc1cc(OC)ccc1OCc1nccs1. The van der Waals surface area contributed by atoms with E-state index in [-0.39, 0.29) is 0 Å². The Kier molecular flexibility index (Phi) is 5.18. The molecule has 0 fully saturated rings. The number of nitrogens with zero attached hydrogens (tertiary/aromatic N) is 1. The molecule has 1 N–H and O–H groups in total. The molecule has 0 radical (unpaired) electrons. The van der Waals surface area contributed by atoms with Crippen LogP contribution in [0.2, 0.25) is 0 Å². The molecule has 102 valence electrons. The third-order valence-corrected chi connectivity index (χ3v) is 3.42. The van der Waals surface area contributed by atoms with Crippen LogP contribution in [0.5, 0.6) is 11.5 Å². The van der Waals surface area contributed by atoms with E-state index in [2.05, 4.69) is 17.2 Å². The van der Waals surface area contributed by atoms with Gasteiger partial charge in [-0.3, -0.25) is 0 Å². The average molecular weight is 278 g/mol. The Morgan fingerprint density at radius 2 is 2.26 bits per heavy atom. The Hall–Kier alpha value is -1.59. The number of hydrogen-bond donors (Lipinski definition) is 1. The summed E-state index contributed by atoms with van der Waals surface area (Å²) in [5, 5.41) is 6.23. The second kappa shape index (κ2) is 7.11. The zero-order chi connectivity index (χ0) is 13.5. The van der Waals surface area contributed by atoms with Gasteiger partial charge < -0.3 is 14.8 Å². The van der Waals surface area contributed by atoms with Crippen LogP contribution in [0.1, 0.15) is 17.5 Å². The Bertz CT molecular complexity index is 500. The standard InChI is InChI=1S/C14H18N2O2S/c1-3-15-9-11-8-12(17-2)4-5-13(11)18-10-14-16-6-7-19-14/h4-8,15H,3,9-10H2,1-2H3. The van der Waals surface area contributed by atoms with Crippen LogP contribution in [-0.4, -0.2) is 18.6 Å². The lowest BCUT2D eigenvalue weighted by Crippen LogP contribution is -2.13. The van der Waals surface area contributed by atoms with Crippen molar-refractivity contribution in [2.45, 2.75) is 20.1 Å². The fourth-order valence-corrected chi connectivity index (χ4v) is 2.21. The Morgan fingerprint density at radius 3 is 2.95 bits per heavy atom. The maximum atomic E-state index is 5.83. The highest BCUT2D eigenvalue weighted by atomic mass is 32.1. The molecule has 5 heteroatoms. The van der Waals surface area contributed by atoms with Gasteiger partial charge in [-0.1, -0.05) is 6.92 Å². The summed E-state index contributed by atoms with van der Waals surface area (Å²) in [6.07, 6.45) is 1.79. The maximum Gasteiger partial charge on any atom is 0.140 e. The second-order valence-electron chi connectivity index (χ2n) is 3.97. The van der Waals surface area contributed by atoms with Crippen molar-refractivity contribution in [3.05, 3.63) is 40.3 Å². The molecule has 0 spiro atoms. The number of thiazole rings is 1. The molecule has 0 unspecified atom stereocenters. The van der Waals surface area contributed by atoms with Crippen molar-refractivity contribution in [3.8, 4) is 11.5 Å². The lowest BCUT2D eigenvalue weighted by Gasteiger charge is -2.12. The normalized spacial score (nSPS) is 10.4. The van der Waals surface area contributed by atoms with Crippen LogP contribution in [0.15, 0.2) is 29.8 Å². The molecule has 0 saturated heterocycles. The summed E-state index contributed by atoms with van der Waals surface area (Å²) in [5.74, 6) is 1.71. The third kappa shape index (κ3) is 3.94. The zero-order valence-corrected chi connectivity index (χ0v) is 12.0. The smallest absolute Gasteiger partial charge is 0.140 e. The van der Waals surface area contributed by atoms with E-state index in [1.807, 2.05) is 23.6 Å². The van der Waals surface area contributed by atoms with Crippen molar-refractivity contribution in [2.75, 3.05) is 13.7 Å². The molecular weight excluding hydrogens is 260 g/mol. The van der Waals surface area contributed by atoms with E-state index in [0.29, 0.717) is 6.61 Å². The summed E-state index contributed by atoms with van der Waals surface area (Å²) in [6.45, 7) is 4.27. The van der Waals surface area contributed by atoms with Crippen LogP contribution >= 0.6 is 11.3 Å². The summed E-state index contributed by atoms with van der Waals surface area (Å²) < 4.78 is 11.1. The van der Waals surface area contributed by atoms with Gasteiger partial charge in [0, 0.05) is 23.7 Å². The zero-order valence-electron chi connectivity index (χ0n) is 11.2. The van der Waals surface area contributed by atoms with E-state index in [1.165, 1.54) is 0 Å². The van der Waals surface area contributed by atoms with Gasteiger partial charge >= 0.3 is 0 Å². The van der Waals surface area contributed by atoms with Crippen molar-refractivity contribution >= 4 is 11.3 Å². The first-order valence-corrected chi connectivity index (χ1v) is 7.10. The molecule has 1 heterocycles. The highest BCUT2D eigenvalue weighted by Crippen LogP contribution is 2.25. The molecular formula is C14H18N2O2S. The van der Waals surface area contributed by atoms with E-state index in [9.17, 15) is 0 Å². The molecule has 2 aromatic rings. The Balaban J connectivity index is 2.08. The monoisotopic (exact) mass is 278 g/mol. The van der Waals surface area contributed by atoms with Crippen LogP contribution in [-0.2, 0) is 13.2 Å². The van der Waals surface area contributed by atoms with E-state index < -0.39 is 0 Å². The highest BCUT2D eigenvalue weighted by Gasteiger charge is 2.06. The number of nitrogens with one attached hydrogen (secondary N) is 1. The highest BCUT2D eigenvalue weighted by molar-refractivity contribution is 7.09. The molecule has 1 aromatic carbocycles. The number of methoxy groups -OCH3 is 1. The van der Waals surface area contributed by atoms with Gasteiger partial charge in [-0.2, -0.15) is 0 Å². The number of rotatable bonds is 7. The van der Waals surface area contributed by atoms with Crippen molar-refractivity contribution in [3.63, 3.8) is 0 Å². The third-order valence-electron chi connectivity index (χ3n) is 2.67. The molecule has 0 bridgehead atoms. The number of hydrogen-bond acceptors (Lipinski definition) is 5. The molecule has 0 atom stereocenters. The van der Waals surface area contributed by atoms with E-state index in [4.69, 9.17) is 9.47 Å². The predicted molar refractivity (Wildman–Crippen MR) is 76.8 cm³/mol. The Morgan fingerprint density at radius 1 is 1.37 bits per heavy atom. The molecule has 4 nitrogen and oxygen atoms in total. The average Bonchev–Trinajstić information content (AvgIpc) is 2.96. The summed E-state index contributed by atoms with van der Waals surface area (Å²) in [6, 6.07) is 5.85. The first kappa shape index (κ1) is 13.8. The lowest BCUT2D eigenvalue weighted by molar-refractivity contribution is 0.300. The fraction of sp³-hybridized carbons (Fsp3) is 0.357. The molecule has 2 rings (SSSR count). The molecule has 0 aliphatic heterocycles. The number of benzene rings is 1. The van der Waals surface area contributed by atoms with Crippen molar-refractivity contribution < 1.29 is 9.47 Å². The van der Waals surface area contributed by atoms with Gasteiger partial charge in [0.1, 0.15) is 23.1 Å². The molecule has 19 heavy (non-hydrogen) atoms. The van der Waals surface area contributed by atoms with Crippen molar-refractivity contribution in [1.82, 2.24) is 10.3 Å². The first-order valence-electron chi connectivity index (χ1n) is 6.22. The van der Waals surface area contributed by atoms with Crippen LogP contribution in [0.4, 0.5) is 0 Å². The minimum Gasteiger partial charge on any atom is -0.497 e. The minimum atomic E-state index is 0.503. The first-order chi connectivity index (χ1) is 9.33. The lowest BCUT2D eigenvalue weighted by atomic mass is 10.2. The topological polar surface area (TPSA) is 43.4 Å². The number of aromatic nitrogens is 1. The van der Waals surface area contributed by atoms with Gasteiger partial charge in [0.05, 0.1) is 7.11 Å². The van der Waals surface area contributed by atoms with E-state index in [1.54, 1.807) is 24.6 Å². The molecule has 0 saturated carbocycles. The summed E-state index contributed by atoms with van der Waals surface area (Å²) >= 11 is 1.60. The van der Waals surface area contributed by atoms with Gasteiger partial charge in [0.15, 0.2) is 0 Å². The molecule has 1 aromatic heterocycles. The van der Waals surface area contributed by atoms with Crippen LogP contribution < -0.4 is 14.8 Å². The van der Waals surface area contributed by atoms with Gasteiger partial charge in [0.25, 0.3) is 0 Å². The van der Waals surface area contributed by atoms with Crippen LogP contribution in [0.25, 0.3) is 0 Å². The van der Waals surface area contributed by atoms with Gasteiger partial charge in [-0.15, -0.1) is 11.3 Å². The fourth-order valence-electron chi connectivity index (χ4n) is 1.69. The molecule has 0 aliphatic carbocycles. The van der Waals surface area contributed by atoms with Crippen LogP contribution in [0.3, 0.4) is 0 Å². The predicted octanol–water partition coefficient (Wildman–Crippen LogP) is 2.84. The van der Waals surface area contributed by atoms with E-state index >= 15 is 0 Å². The van der Waals surface area contributed by atoms with Gasteiger partial charge in [0.2, 0.25) is 0 Å². The summed E-state index contributed by atoms with van der Waals surface area (Å²) in [7, 11) is 1.67. The van der Waals surface area contributed by atoms with Gasteiger partial charge in [-0.25, -0.2) is 4.98 Å². The quantitative estimate of drug-likeness (QED) is 0.846.